The Bertz CT molecular complexity index is 864. The van der Waals surface area contributed by atoms with E-state index in [1.54, 1.807) is 0 Å². The quantitative estimate of drug-likeness (QED) is 0.676. The third-order valence-electron chi connectivity index (χ3n) is 3.53. The van der Waals surface area contributed by atoms with Gasteiger partial charge in [-0.3, -0.25) is 4.79 Å². The van der Waals surface area contributed by atoms with Gasteiger partial charge in [0.15, 0.2) is 16.7 Å². The maximum Gasteiger partial charge on any atom is 0.306 e. The van der Waals surface area contributed by atoms with Crippen LogP contribution in [0, 0.1) is 0 Å². The Balaban J connectivity index is 1.77. The molecule has 0 fully saturated rings. The highest BCUT2D eigenvalue weighted by Gasteiger charge is 2.24. The average molecular weight is 410 g/mol. The lowest BCUT2D eigenvalue weighted by Gasteiger charge is -2.28. The summed E-state index contributed by atoms with van der Waals surface area (Å²) in [5.41, 5.74) is 1.76. The van der Waals surface area contributed by atoms with E-state index >= 15 is 0 Å². The number of aliphatic carboxylic acids is 2. The first-order valence-electron chi connectivity index (χ1n) is 7.56. The standard InChI is InChI=1S/C16H15N3O4S3/c1-19-4-2-9(3-5-19)10-7-25-16(17-10)26-11-8-24-12(6-13(20)21)18-14(11)15(22)23/h2-5,7,12,18H,6,8H2,1H3,(H-,20,21,22,23)/t12-/m1/s1. The van der Waals surface area contributed by atoms with Crippen LogP contribution in [-0.2, 0) is 16.6 Å². The largest absolute Gasteiger partial charge is 0.543 e. The lowest BCUT2D eigenvalue weighted by molar-refractivity contribution is -0.671. The number of nitrogens with one attached hydrogen (secondary N) is 1. The third kappa shape index (κ3) is 4.57. The fourth-order valence-electron chi connectivity index (χ4n) is 2.27. The average Bonchev–Trinajstić information content (AvgIpc) is 3.04. The Hall–Kier alpha value is -2.04. The van der Waals surface area contributed by atoms with Crippen molar-refractivity contribution in [3.63, 3.8) is 0 Å². The van der Waals surface area contributed by atoms with Crippen LogP contribution in [0.5, 0.6) is 0 Å². The lowest BCUT2D eigenvalue weighted by Crippen LogP contribution is -2.41. The Labute approximate surface area is 162 Å². The van der Waals surface area contributed by atoms with Crippen LogP contribution in [0.1, 0.15) is 6.42 Å². The number of aryl methyl sites for hydroxylation is 1. The Morgan fingerprint density at radius 2 is 2.19 bits per heavy atom. The van der Waals surface area contributed by atoms with E-state index in [0.29, 0.717) is 10.7 Å². The first kappa shape index (κ1) is 18.7. The van der Waals surface area contributed by atoms with Gasteiger partial charge in [0.2, 0.25) is 0 Å². The molecule has 0 aliphatic carbocycles. The lowest BCUT2D eigenvalue weighted by atomic mass is 10.2. The zero-order chi connectivity index (χ0) is 18.7. The highest BCUT2D eigenvalue weighted by Crippen LogP contribution is 2.38. The first-order chi connectivity index (χ1) is 12.4. The molecule has 1 aliphatic rings. The smallest absolute Gasteiger partial charge is 0.306 e. The molecule has 7 nitrogen and oxygen atoms in total. The van der Waals surface area contributed by atoms with Crippen LogP contribution in [0.15, 0.2) is 44.8 Å². The van der Waals surface area contributed by atoms with Gasteiger partial charge in [-0.2, -0.15) is 0 Å². The number of thiazole rings is 1. The summed E-state index contributed by atoms with van der Waals surface area (Å²) in [6.45, 7) is 0. The van der Waals surface area contributed by atoms with Crippen LogP contribution in [0.25, 0.3) is 11.3 Å². The fraction of sp³-hybridized carbons (Fsp3) is 0.250. The van der Waals surface area contributed by atoms with E-state index in [4.69, 9.17) is 5.11 Å². The molecular weight excluding hydrogens is 394 g/mol. The molecule has 0 saturated heterocycles. The van der Waals surface area contributed by atoms with Crippen molar-refractivity contribution >= 4 is 46.8 Å². The minimum atomic E-state index is -1.34. The molecule has 2 aromatic rings. The number of pyridine rings is 1. The molecule has 1 aliphatic heterocycles. The van der Waals surface area contributed by atoms with E-state index in [1.807, 2.05) is 41.5 Å². The van der Waals surface area contributed by atoms with Crippen molar-refractivity contribution in [3.8, 4) is 11.3 Å². The van der Waals surface area contributed by atoms with Gasteiger partial charge in [0.1, 0.15) is 7.05 Å². The van der Waals surface area contributed by atoms with E-state index in [0.717, 1.165) is 15.6 Å². The molecule has 0 bridgehead atoms. The van der Waals surface area contributed by atoms with Crippen molar-refractivity contribution < 1.29 is 24.4 Å². The predicted molar refractivity (Wildman–Crippen MR) is 98.3 cm³/mol. The molecule has 2 N–H and O–H groups in total. The van der Waals surface area contributed by atoms with Gasteiger partial charge in [-0.1, -0.05) is 11.8 Å². The molecule has 2 aromatic heterocycles. The SMILES string of the molecule is C[n+]1ccc(-c2csc(SC3=C(C(=O)[O-])N[C@@H](CC(=O)O)SC3)n2)cc1. The van der Waals surface area contributed by atoms with E-state index in [-0.39, 0.29) is 12.1 Å². The number of thioether (sulfide) groups is 2. The summed E-state index contributed by atoms with van der Waals surface area (Å²) >= 11 is 4.06. The maximum absolute atomic E-state index is 11.4. The zero-order valence-corrected chi connectivity index (χ0v) is 16.1. The van der Waals surface area contributed by atoms with Gasteiger partial charge in [-0.05, 0) is 0 Å². The summed E-state index contributed by atoms with van der Waals surface area (Å²) in [4.78, 5) is 27.4. The molecule has 136 valence electrons. The van der Waals surface area contributed by atoms with E-state index < -0.39 is 17.3 Å². The van der Waals surface area contributed by atoms with Crippen molar-refractivity contribution in [1.82, 2.24) is 10.3 Å². The number of carbonyl (C=O) groups excluding carboxylic acids is 1. The number of carboxylic acid groups (broad SMARTS) is 2. The van der Waals surface area contributed by atoms with Crippen molar-refractivity contribution in [3.05, 3.63) is 40.5 Å². The second kappa shape index (κ2) is 8.11. The molecule has 0 radical (unpaired) electrons. The summed E-state index contributed by atoms with van der Waals surface area (Å²) in [5, 5.41) is 24.5. The Morgan fingerprint density at radius 1 is 1.46 bits per heavy atom. The Morgan fingerprint density at radius 3 is 2.85 bits per heavy atom. The van der Waals surface area contributed by atoms with E-state index in [1.165, 1.54) is 34.9 Å². The van der Waals surface area contributed by atoms with Gasteiger partial charge in [-0.15, -0.1) is 23.1 Å². The van der Waals surface area contributed by atoms with Crippen LogP contribution >= 0.6 is 34.9 Å². The minimum absolute atomic E-state index is 0.0523. The molecule has 3 rings (SSSR count). The number of hydrogen-bond acceptors (Lipinski definition) is 8. The normalized spacial score (nSPS) is 17.0. The van der Waals surface area contributed by atoms with Crippen molar-refractivity contribution in [2.45, 2.75) is 16.1 Å². The van der Waals surface area contributed by atoms with Gasteiger partial charge < -0.3 is 20.3 Å². The van der Waals surface area contributed by atoms with Gasteiger partial charge in [-0.25, -0.2) is 9.55 Å². The Kier molecular flexibility index (Phi) is 5.84. The second-order valence-corrected chi connectivity index (χ2v) is 8.87. The number of carbonyl (C=O) groups is 2. The maximum atomic E-state index is 11.4. The van der Waals surface area contributed by atoms with Crippen LogP contribution in [0.4, 0.5) is 0 Å². The summed E-state index contributed by atoms with van der Waals surface area (Å²) in [6, 6.07) is 3.92. The molecule has 0 aromatic carbocycles. The monoisotopic (exact) mass is 409 g/mol. The molecule has 1 atom stereocenters. The zero-order valence-electron chi connectivity index (χ0n) is 13.7. The van der Waals surface area contributed by atoms with Crippen LogP contribution in [0.2, 0.25) is 0 Å². The van der Waals surface area contributed by atoms with Crippen LogP contribution in [0.3, 0.4) is 0 Å². The number of hydrogen-bond donors (Lipinski definition) is 2. The topological polar surface area (TPSA) is 106 Å². The highest BCUT2D eigenvalue weighted by atomic mass is 32.2. The predicted octanol–water partition coefficient (Wildman–Crippen LogP) is 0.825. The van der Waals surface area contributed by atoms with Crippen molar-refractivity contribution in [2.75, 3.05) is 5.75 Å². The highest BCUT2D eigenvalue weighted by molar-refractivity contribution is 8.07. The van der Waals surface area contributed by atoms with Crippen molar-refractivity contribution in [1.29, 1.82) is 0 Å². The molecule has 10 heteroatoms. The number of nitrogens with zero attached hydrogens (tertiary/aromatic N) is 2. The van der Waals surface area contributed by atoms with Gasteiger partial charge in [0, 0.05) is 33.7 Å². The van der Waals surface area contributed by atoms with E-state index in [9.17, 15) is 14.7 Å². The summed E-state index contributed by atoms with van der Waals surface area (Å²) < 4.78 is 2.65. The number of carboxylic acids is 2. The molecule has 26 heavy (non-hydrogen) atoms. The minimum Gasteiger partial charge on any atom is -0.543 e. The van der Waals surface area contributed by atoms with E-state index in [2.05, 4.69) is 10.3 Å². The molecule has 0 unspecified atom stereocenters. The van der Waals surface area contributed by atoms with Crippen LogP contribution < -0.4 is 15.0 Å². The van der Waals surface area contributed by atoms with Gasteiger partial charge >= 0.3 is 5.97 Å². The molecule has 0 spiro atoms. The summed E-state index contributed by atoms with van der Waals surface area (Å²) in [5.74, 6) is -1.92. The third-order valence-corrected chi connectivity index (χ3v) is 6.89. The van der Waals surface area contributed by atoms with Crippen molar-refractivity contribution in [2.24, 2.45) is 7.05 Å². The summed E-state index contributed by atoms with van der Waals surface area (Å²) in [6.07, 6.45) is 3.71. The number of rotatable bonds is 6. The summed E-state index contributed by atoms with van der Waals surface area (Å²) in [7, 11) is 1.94. The first-order valence-corrected chi connectivity index (χ1v) is 10.3. The molecule has 3 heterocycles. The second-order valence-electron chi connectivity index (χ2n) is 5.48. The van der Waals surface area contributed by atoms with Gasteiger partial charge in [0.25, 0.3) is 0 Å². The van der Waals surface area contributed by atoms with Crippen LogP contribution in [-0.4, -0.2) is 33.2 Å². The fourth-order valence-corrected chi connectivity index (χ4v) is 5.46. The molecule has 0 saturated carbocycles. The van der Waals surface area contributed by atoms with Gasteiger partial charge in [0.05, 0.1) is 29.2 Å². The molecule has 0 amide bonds. The number of aromatic nitrogens is 2. The molecular formula is C16H15N3O4S3.